The van der Waals surface area contributed by atoms with Gasteiger partial charge in [0.2, 0.25) is 5.95 Å². The van der Waals surface area contributed by atoms with Gasteiger partial charge in [0.05, 0.1) is 25.3 Å². The van der Waals surface area contributed by atoms with Crippen molar-refractivity contribution in [2.45, 2.75) is 18.9 Å². The lowest BCUT2D eigenvalue weighted by Crippen LogP contribution is -2.51. The van der Waals surface area contributed by atoms with E-state index in [0.29, 0.717) is 72.8 Å². The number of aromatic nitrogens is 4. The second-order valence-electron chi connectivity index (χ2n) is 8.46. The highest BCUT2D eigenvalue weighted by molar-refractivity contribution is 5.99. The molecule has 0 aliphatic carbocycles. The molecule has 2 aliphatic rings. The Balaban J connectivity index is 1.47. The summed E-state index contributed by atoms with van der Waals surface area (Å²) >= 11 is 0. The quantitative estimate of drug-likeness (QED) is 0.594. The molecule has 1 atom stereocenters. The minimum Gasteiger partial charge on any atom is -0.493 e. The number of rotatable bonds is 5. The molecule has 1 aromatic carbocycles. The summed E-state index contributed by atoms with van der Waals surface area (Å²) in [5, 5.41) is 5.19. The van der Waals surface area contributed by atoms with E-state index in [4.69, 9.17) is 29.9 Å². The molecule has 2 aromatic heterocycles. The van der Waals surface area contributed by atoms with Gasteiger partial charge in [0.1, 0.15) is 11.9 Å². The van der Waals surface area contributed by atoms with Crippen molar-refractivity contribution in [1.29, 1.82) is 0 Å². The number of ether oxygens (including phenoxy) is 3. The van der Waals surface area contributed by atoms with Crippen LogP contribution in [0.2, 0.25) is 0 Å². The number of anilines is 2. The Bertz CT molecular complexity index is 1210. The number of methoxy groups -OCH3 is 2. The Morgan fingerprint density at radius 2 is 1.88 bits per heavy atom. The van der Waals surface area contributed by atoms with Crippen molar-refractivity contribution in [1.82, 2.24) is 24.6 Å². The van der Waals surface area contributed by atoms with E-state index in [1.54, 1.807) is 25.9 Å². The first-order valence-corrected chi connectivity index (χ1v) is 11.4. The molecule has 180 valence electrons. The molecule has 3 aromatic rings. The first-order chi connectivity index (χ1) is 16.5. The van der Waals surface area contributed by atoms with Gasteiger partial charge in [-0.1, -0.05) is 0 Å². The summed E-state index contributed by atoms with van der Waals surface area (Å²) in [6, 6.07) is 5.62. The van der Waals surface area contributed by atoms with Gasteiger partial charge in [0.15, 0.2) is 17.1 Å². The van der Waals surface area contributed by atoms with Gasteiger partial charge in [0, 0.05) is 45.4 Å². The molecule has 1 amide bonds. The first kappa shape index (κ1) is 22.2. The van der Waals surface area contributed by atoms with Crippen LogP contribution in [0, 0.1) is 0 Å². The number of amides is 1. The van der Waals surface area contributed by atoms with E-state index >= 15 is 0 Å². The number of hydrogen-bond donors (Lipinski definition) is 1. The van der Waals surface area contributed by atoms with Gasteiger partial charge in [-0.25, -0.2) is 4.98 Å². The van der Waals surface area contributed by atoms with Crippen molar-refractivity contribution in [3.63, 3.8) is 0 Å². The molecule has 0 saturated carbocycles. The number of benzene rings is 1. The number of aryl methyl sites for hydroxylation is 1. The van der Waals surface area contributed by atoms with E-state index in [1.807, 2.05) is 23.1 Å². The molecule has 1 unspecified atom stereocenters. The predicted molar refractivity (Wildman–Crippen MR) is 127 cm³/mol. The highest BCUT2D eigenvalue weighted by Crippen LogP contribution is 2.36. The first-order valence-electron chi connectivity index (χ1n) is 11.4. The zero-order chi connectivity index (χ0) is 23.8. The van der Waals surface area contributed by atoms with Crippen LogP contribution < -0.4 is 20.1 Å². The van der Waals surface area contributed by atoms with Gasteiger partial charge in [-0.05, 0) is 31.0 Å². The van der Waals surface area contributed by atoms with Crippen LogP contribution in [-0.4, -0.2) is 83.7 Å². The van der Waals surface area contributed by atoms with Gasteiger partial charge in [-0.15, -0.1) is 0 Å². The molecule has 2 N–H and O–H groups in total. The maximum atomic E-state index is 12.7. The molecule has 2 aliphatic heterocycles. The van der Waals surface area contributed by atoms with Crippen molar-refractivity contribution in [2.24, 2.45) is 7.05 Å². The van der Waals surface area contributed by atoms with Gasteiger partial charge in [-0.2, -0.15) is 10.1 Å². The largest absolute Gasteiger partial charge is 0.493 e. The number of hydrogen-bond acceptors (Lipinski definition) is 9. The maximum Gasteiger partial charge on any atom is 0.251 e. The van der Waals surface area contributed by atoms with Crippen LogP contribution >= 0.6 is 0 Å². The number of carbonyl (C=O) groups excluding carboxylic acids is 1. The SMILES string of the molecule is COc1ccc(-c2nc(N3CCN(C(=O)C4CCCO4)CC3)nc3nn(C)c(N)c23)cc1OC. The number of nitrogen functional groups attached to an aromatic ring is 1. The summed E-state index contributed by atoms with van der Waals surface area (Å²) in [6.07, 6.45) is 1.44. The Labute approximate surface area is 197 Å². The van der Waals surface area contributed by atoms with Crippen LogP contribution in [0.15, 0.2) is 18.2 Å². The van der Waals surface area contributed by atoms with Crippen LogP contribution in [-0.2, 0) is 16.6 Å². The lowest BCUT2D eigenvalue weighted by Gasteiger charge is -2.35. The molecule has 2 fully saturated rings. The third-order valence-electron chi connectivity index (χ3n) is 6.46. The van der Waals surface area contributed by atoms with Gasteiger partial charge in [-0.3, -0.25) is 9.48 Å². The molecule has 11 nitrogen and oxygen atoms in total. The lowest BCUT2D eigenvalue weighted by molar-refractivity contribution is -0.141. The fourth-order valence-electron chi connectivity index (χ4n) is 4.54. The summed E-state index contributed by atoms with van der Waals surface area (Å²) < 4.78 is 18.0. The highest BCUT2D eigenvalue weighted by Gasteiger charge is 2.31. The van der Waals surface area contributed by atoms with Crippen molar-refractivity contribution in [3.8, 4) is 22.8 Å². The van der Waals surface area contributed by atoms with Crippen molar-refractivity contribution < 1.29 is 19.0 Å². The summed E-state index contributed by atoms with van der Waals surface area (Å²) in [6.45, 7) is 3.10. The Morgan fingerprint density at radius 3 is 2.56 bits per heavy atom. The second-order valence-corrected chi connectivity index (χ2v) is 8.46. The summed E-state index contributed by atoms with van der Waals surface area (Å²) in [5.74, 6) is 2.34. The standard InChI is InChI=1S/C23H29N7O4/c1-28-20(24)18-19(14-6-7-15(32-2)17(13-14)33-3)25-23(26-21(18)27-28)30-10-8-29(9-11-30)22(31)16-5-4-12-34-16/h6-7,13,16H,4-5,8-12,24H2,1-3H3. The maximum absolute atomic E-state index is 12.7. The molecule has 0 bridgehead atoms. The van der Waals surface area contributed by atoms with E-state index in [1.165, 1.54) is 0 Å². The summed E-state index contributed by atoms with van der Waals surface area (Å²) in [7, 11) is 4.98. The number of nitrogens with zero attached hydrogens (tertiary/aromatic N) is 6. The number of nitrogens with two attached hydrogens (primary N) is 1. The van der Waals surface area contributed by atoms with Crippen molar-refractivity contribution in [2.75, 3.05) is 57.6 Å². The smallest absolute Gasteiger partial charge is 0.251 e. The average molecular weight is 468 g/mol. The third-order valence-corrected chi connectivity index (χ3v) is 6.46. The zero-order valence-corrected chi connectivity index (χ0v) is 19.7. The van der Waals surface area contributed by atoms with E-state index < -0.39 is 0 Å². The molecule has 5 rings (SSSR count). The topological polar surface area (TPSA) is 121 Å². The van der Waals surface area contributed by atoms with E-state index in [-0.39, 0.29) is 12.0 Å². The molecule has 34 heavy (non-hydrogen) atoms. The monoisotopic (exact) mass is 467 g/mol. The lowest BCUT2D eigenvalue weighted by atomic mass is 10.1. The fraction of sp³-hybridized carbons (Fsp3) is 0.478. The third kappa shape index (κ3) is 3.85. The van der Waals surface area contributed by atoms with Gasteiger partial charge >= 0.3 is 0 Å². The predicted octanol–water partition coefficient (Wildman–Crippen LogP) is 1.46. The van der Waals surface area contributed by atoms with Crippen molar-refractivity contribution in [3.05, 3.63) is 18.2 Å². The molecule has 4 heterocycles. The highest BCUT2D eigenvalue weighted by atomic mass is 16.5. The van der Waals surface area contributed by atoms with Crippen LogP contribution in [0.1, 0.15) is 12.8 Å². The van der Waals surface area contributed by atoms with Gasteiger partial charge in [0.25, 0.3) is 5.91 Å². The molecule has 0 radical (unpaired) electrons. The minimum absolute atomic E-state index is 0.0806. The fourth-order valence-corrected chi connectivity index (χ4v) is 4.54. The van der Waals surface area contributed by atoms with Crippen LogP contribution in [0.3, 0.4) is 0 Å². The summed E-state index contributed by atoms with van der Waals surface area (Å²) in [5.41, 5.74) is 8.35. The van der Waals surface area contributed by atoms with E-state index in [0.717, 1.165) is 18.4 Å². The zero-order valence-electron chi connectivity index (χ0n) is 19.7. The van der Waals surface area contributed by atoms with Crippen LogP contribution in [0.5, 0.6) is 11.5 Å². The van der Waals surface area contributed by atoms with Crippen LogP contribution in [0.4, 0.5) is 11.8 Å². The molecular weight excluding hydrogens is 438 g/mol. The number of piperazine rings is 1. The van der Waals surface area contributed by atoms with E-state index in [2.05, 4.69) is 10.00 Å². The second kappa shape index (κ2) is 8.98. The molecule has 0 spiro atoms. The normalized spacial score (nSPS) is 18.5. The molecule has 2 saturated heterocycles. The van der Waals surface area contributed by atoms with Gasteiger partial charge < -0.3 is 29.7 Å². The van der Waals surface area contributed by atoms with E-state index in [9.17, 15) is 4.79 Å². The Morgan fingerprint density at radius 1 is 1.12 bits per heavy atom. The van der Waals surface area contributed by atoms with Crippen molar-refractivity contribution >= 4 is 28.7 Å². The van der Waals surface area contributed by atoms with Crippen LogP contribution in [0.25, 0.3) is 22.3 Å². The molecule has 11 heteroatoms. The Hall–Kier alpha value is -3.60. The summed E-state index contributed by atoms with van der Waals surface area (Å²) in [4.78, 5) is 26.3. The Kier molecular flexibility index (Phi) is 5.86. The number of fused-ring (bicyclic) bond motifs is 1. The average Bonchev–Trinajstić information content (AvgIpc) is 3.51. The minimum atomic E-state index is -0.299. The molecular formula is C23H29N7O4. The number of carbonyl (C=O) groups is 1.